The molecule has 0 fully saturated rings. The van der Waals surface area contributed by atoms with Gasteiger partial charge in [0.25, 0.3) is 5.91 Å². The van der Waals surface area contributed by atoms with Crippen LogP contribution in [0.1, 0.15) is 37.0 Å². The van der Waals surface area contributed by atoms with E-state index in [1.54, 1.807) is 12.1 Å². The van der Waals surface area contributed by atoms with E-state index in [0.29, 0.717) is 35.3 Å². The molecule has 1 aromatic carbocycles. The summed E-state index contributed by atoms with van der Waals surface area (Å²) in [5, 5.41) is 19.9. The number of aromatic nitrogens is 1. The van der Waals surface area contributed by atoms with E-state index in [1.165, 1.54) is 44.2 Å². The van der Waals surface area contributed by atoms with Crippen molar-refractivity contribution in [1.29, 1.82) is 5.26 Å². The molecule has 0 saturated carbocycles. The third-order valence-electron chi connectivity index (χ3n) is 4.62. The highest BCUT2D eigenvalue weighted by Crippen LogP contribution is 2.34. The highest BCUT2D eigenvalue weighted by atomic mass is 35.5. The molecular formula is C22H29ClFN5O2. The number of aliphatic hydroxyl groups is 1. The number of halogens is 2. The standard InChI is InChI=1S/C20H26ClFN4O2.C2H3N/c1-4-12(7-8-27)10-24-17-9-15(21)14(11-25-17)13-5-6-16(23)18(19(13)22)20(28)26(2)3;1-2-3/h5-6,9,11-12,27H,4,7-8,10,23H2,1-3H3,(H,24,25);1H3. The number of nitrogens with two attached hydrogens (primary N) is 1. The van der Waals surface area contributed by atoms with Crippen LogP contribution in [0.3, 0.4) is 0 Å². The van der Waals surface area contributed by atoms with Gasteiger partial charge in [-0.3, -0.25) is 4.79 Å². The molecule has 9 heteroatoms. The molecule has 0 saturated heterocycles. The number of nitrogen functional groups attached to an aromatic ring is 1. The van der Waals surface area contributed by atoms with Gasteiger partial charge in [0, 0.05) is 57.2 Å². The van der Waals surface area contributed by atoms with Gasteiger partial charge in [-0.1, -0.05) is 24.9 Å². The van der Waals surface area contributed by atoms with Gasteiger partial charge in [0.2, 0.25) is 0 Å². The largest absolute Gasteiger partial charge is 0.398 e. The highest BCUT2D eigenvalue weighted by Gasteiger charge is 2.22. The summed E-state index contributed by atoms with van der Waals surface area (Å²) in [5.41, 5.74) is 6.23. The number of carbonyl (C=O) groups is 1. The summed E-state index contributed by atoms with van der Waals surface area (Å²) in [6, 6.07) is 6.34. The molecule has 2 rings (SSSR count). The summed E-state index contributed by atoms with van der Waals surface area (Å²) in [5.74, 6) is -0.365. The molecule has 0 aliphatic carbocycles. The molecule has 0 aliphatic rings. The molecule has 4 N–H and O–H groups in total. The number of hydrogen-bond acceptors (Lipinski definition) is 6. The molecule has 1 unspecified atom stereocenters. The molecular weight excluding hydrogens is 421 g/mol. The molecule has 1 heterocycles. The average Bonchev–Trinajstić information content (AvgIpc) is 2.72. The SMILES string of the molecule is CC#N.CCC(CCO)CNc1cc(Cl)c(-c2ccc(N)c(C(=O)N(C)C)c2F)cn1. The minimum atomic E-state index is -0.725. The second-order valence-corrected chi connectivity index (χ2v) is 7.44. The Morgan fingerprint density at radius 1 is 1.42 bits per heavy atom. The molecule has 1 atom stereocenters. The summed E-state index contributed by atoms with van der Waals surface area (Å²) in [6.07, 6.45) is 3.10. The number of pyridine rings is 1. The van der Waals surface area contributed by atoms with Crippen molar-refractivity contribution in [2.45, 2.75) is 26.7 Å². The lowest BCUT2D eigenvalue weighted by atomic mass is 10.0. The Morgan fingerprint density at radius 2 is 2.06 bits per heavy atom. The molecule has 31 heavy (non-hydrogen) atoms. The van der Waals surface area contributed by atoms with E-state index in [4.69, 9.17) is 27.7 Å². The van der Waals surface area contributed by atoms with Gasteiger partial charge in [-0.2, -0.15) is 5.26 Å². The van der Waals surface area contributed by atoms with Gasteiger partial charge >= 0.3 is 0 Å². The molecule has 0 spiro atoms. The minimum absolute atomic E-state index is 0.0665. The lowest BCUT2D eigenvalue weighted by molar-refractivity contribution is 0.0824. The second kappa shape index (κ2) is 12.7. The number of benzene rings is 1. The van der Waals surface area contributed by atoms with Gasteiger partial charge in [-0.05, 0) is 30.5 Å². The van der Waals surface area contributed by atoms with E-state index < -0.39 is 11.7 Å². The lowest BCUT2D eigenvalue weighted by Gasteiger charge is -2.17. The van der Waals surface area contributed by atoms with Crippen LogP contribution in [0.4, 0.5) is 15.9 Å². The fraction of sp³-hybridized carbons (Fsp3) is 0.409. The van der Waals surface area contributed by atoms with Crippen molar-refractivity contribution in [2.75, 3.05) is 38.3 Å². The number of anilines is 2. The zero-order valence-corrected chi connectivity index (χ0v) is 19.0. The summed E-state index contributed by atoms with van der Waals surface area (Å²) in [6.45, 7) is 4.27. The van der Waals surface area contributed by atoms with Gasteiger partial charge < -0.3 is 21.1 Å². The summed E-state index contributed by atoms with van der Waals surface area (Å²) < 4.78 is 15.0. The quantitative estimate of drug-likeness (QED) is 0.521. The Kier molecular flexibility index (Phi) is 10.7. The number of carbonyl (C=O) groups excluding carboxylic acids is 1. The maximum atomic E-state index is 15.0. The van der Waals surface area contributed by atoms with Crippen LogP contribution in [0.5, 0.6) is 0 Å². The average molecular weight is 450 g/mol. The number of rotatable bonds is 8. The molecule has 0 aliphatic heterocycles. The van der Waals surface area contributed by atoms with E-state index in [9.17, 15) is 4.79 Å². The van der Waals surface area contributed by atoms with Gasteiger partial charge in [-0.25, -0.2) is 9.37 Å². The summed E-state index contributed by atoms with van der Waals surface area (Å²) in [7, 11) is 3.06. The zero-order chi connectivity index (χ0) is 23.6. The van der Waals surface area contributed by atoms with Crippen LogP contribution in [0.15, 0.2) is 24.4 Å². The Balaban J connectivity index is 0.00000151. The van der Waals surface area contributed by atoms with Gasteiger partial charge in [0.05, 0.1) is 16.7 Å². The van der Waals surface area contributed by atoms with Crippen molar-refractivity contribution in [3.05, 3.63) is 40.8 Å². The normalized spacial score (nSPS) is 11.0. The van der Waals surface area contributed by atoms with Crippen LogP contribution in [-0.4, -0.2) is 48.1 Å². The van der Waals surface area contributed by atoms with Crippen molar-refractivity contribution in [1.82, 2.24) is 9.88 Å². The van der Waals surface area contributed by atoms with E-state index in [1.807, 2.05) is 0 Å². The first-order chi connectivity index (χ1) is 14.7. The van der Waals surface area contributed by atoms with E-state index >= 15 is 4.39 Å². The summed E-state index contributed by atoms with van der Waals surface area (Å²) >= 11 is 6.37. The fourth-order valence-corrected chi connectivity index (χ4v) is 3.10. The molecule has 0 radical (unpaired) electrons. The molecule has 1 amide bonds. The number of hydrogen-bond donors (Lipinski definition) is 3. The third-order valence-corrected chi connectivity index (χ3v) is 4.94. The van der Waals surface area contributed by atoms with Crippen LogP contribution in [-0.2, 0) is 0 Å². The maximum Gasteiger partial charge on any atom is 0.258 e. The number of amides is 1. The molecule has 0 bridgehead atoms. The molecule has 7 nitrogen and oxygen atoms in total. The Morgan fingerprint density at radius 3 is 2.58 bits per heavy atom. The Hall–Kier alpha value is -2.89. The monoisotopic (exact) mass is 449 g/mol. The third kappa shape index (κ3) is 7.09. The maximum absolute atomic E-state index is 15.0. The second-order valence-electron chi connectivity index (χ2n) is 7.03. The van der Waals surface area contributed by atoms with Crippen molar-refractivity contribution in [2.24, 2.45) is 5.92 Å². The van der Waals surface area contributed by atoms with Crippen molar-refractivity contribution >= 4 is 29.0 Å². The van der Waals surface area contributed by atoms with Crippen molar-refractivity contribution in [3.8, 4) is 17.2 Å². The van der Waals surface area contributed by atoms with Gasteiger partial charge in [0.1, 0.15) is 11.6 Å². The van der Waals surface area contributed by atoms with Crippen LogP contribution >= 0.6 is 11.6 Å². The summed E-state index contributed by atoms with van der Waals surface area (Å²) in [4.78, 5) is 17.8. The van der Waals surface area contributed by atoms with E-state index in [2.05, 4.69) is 17.2 Å². The number of nitriles is 1. The fourth-order valence-electron chi connectivity index (χ4n) is 2.85. The molecule has 2 aromatic rings. The number of aliphatic hydroxyl groups excluding tert-OH is 1. The molecule has 1 aromatic heterocycles. The predicted molar refractivity (Wildman–Crippen MR) is 122 cm³/mol. The zero-order valence-electron chi connectivity index (χ0n) is 18.2. The smallest absolute Gasteiger partial charge is 0.258 e. The van der Waals surface area contributed by atoms with E-state index in [-0.39, 0.29) is 23.4 Å². The van der Waals surface area contributed by atoms with Gasteiger partial charge in [-0.15, -0.1) is 0 Å². The first kappa shape index (κ1) is 26.1. The van der Waals surface area contributed by atoms with Crippen molar-refractivity contribution in [3.63, 3.8) is 0 Å². The topological polar surface area (TPSA) is 115 Å². The number of nitrogens with zero attached hydrogens (tertiary/aromatic N) is 3. The van der Waals surface area contributed by atoms with Crippen LogP contribution in [0.25, 0.3) is 11.1 Å². The van der Waals surface area contributed by atoms with Gasteiger partial charge in [0.15, 0.2) is 0 Å². The van der Waals surface area contributed by atoms with Crippen LogP contribution in [0.2, 0.25) is 5.02 Å². The first-order valence-corrected chi connectivity index (χ1v) is 10.2. The van der Waals surface area contributed by atoms with E-state index in [0.717, 1.165) is 6.42 Å². The molecule has 168 valence electrons. The van der Waals surface area contributed by atoms with Crippen LogP contribution < -0.4 is 11.1 Å². The van der Waals surface area contributed by atoms with Crippen LogP contribution in [0, 0.1) is 23.1 Å². The lowest BCUT2D eigenvalue weighted by Crippen LogP contribution is -2.24. The Bertz CT molecular complexity index is 931. The highest BCUT2D eigenvalue weighted by molar-refractivity contribution is 6.33. The first-order valence-electron chi connectivity index (χ1n) is 9.82. The Labute approximate surface area is 187 Å². The minimum Gasteiger partial charge on any atom is -0.398 e. The predicted octanol–water partition coefficient (Wildman–Crippen LogP) is 4.18. The van der Waals surface area contributed by atoms with Crippen molar-refractivity contribution < 1.29 is 14.3 Å². The number of nitrogens with one attached hydrogen (secondary N) is 1.